The molecule has 8 heteroatoms. The Kier molecular flexibility index (Phi) is 3.68. The first kappa shape index (κ1) is 13.9. The molecular formula is C8H17NO5S2. The molecule has 0 radical (unpaired) electrons. The first-order valence-corrected chi connectivity index (χ1v) is 8.29. The van der Waals surface area contributed by atoms with Crippen molar-refractivity contribution in [3.05, 3.63) is 0 Å². The molecule has 1 heterocycles. The van der Waals surface area contributed by atoms with Crippen LogP contribution in [0.15, 0.2) is 0 Å². The maximum Gasteiger partial charge on any atom is 0.216 e. The zero-order valence-electron chi connectivity index (χ0n) is 9.30. The van der Waals surface area contributed by atoms with Crippen LogP contribution in [0.1, 0.15) is 20.3 Å². The van der Waals surface area contributed by atoms with Gasteiger partial charge in [-0.2, -0.15) is 0 Å². The Balaban J connectivity index is 2.81. The van der Waals surface area contributed by atoms with Crippen molar-refractivity contribution in [3.63, 3.8) is 0 Å². The first-order chi connectivity index (χ1) is 7.08. The lowest BCUT2D eigenvalue weighted by Gasteiger charge is -2.25. The second-order valence-corrected chi connectivity index (χ2v) is 8.90. The molecule has 0 amide bonds. The maximum absolute atomic E-state index is 11.8. The summed E-state index contributed by atoms with van der Waals surface area (Å²) in [4.78, 5) is 0. The zero-order valence-corrected chi connectivity index (χ0v) is 10.9. The fourth-order valence-corrected chi connectivity index (χ4v) is 5.97. The number of hydrogen-bond acceptors (Lipinski definition) is 5. The molecule has 96 valence electrons. The van der Waals surface area contributed by atoms with Crippen molar-refractivity contribution < 1.29 is 21.9 Å². The van der Waals surface area contributed by atoms with Crippen LogP contribution in [-0.4, -0.2) is 50.8 Å². The van der Waals surface area contributed by atoms with Gasteiger partial charge < -0.3 is 5.11 Å². The smallest absolute Gasteiger partial charge is 0.216 e. The van der Waals surface area contributed by atoms with Gasteiger partial charge in [-0.05, 0) is 20.3 Å². The van der Waals surface area contributed by atoms with Crippen molar-refractivity contribution in [2.45, 2.75) is 31.1 Å². The molecule has 1 unspecified atom stereocenters. The lowest BCUT2D eigenvalue weighted by atomic mass is 10.1. The van der Waals surface area contributed by atoms with E-state index in [-0.39, 0.29) is 24.5 Å². The minimum atomic E-state index is -3.69. The lowest BCUT2D eigenvalue weighted by Crippen LogP contribution is -2.49. The van der Waals surface area contributed by atoms with Crippen LogP contribution in [0.25, 0.3) is 0 Å². The van der Waals surface area contributed by atoms with Crippen molar-refractivity contribution in [2.24, 2.45) is 0 Å². The maximum atomic E-state index is 11.8. The number of sulfone groups is 1. The highest BCUT2D eigenvalue weighted by Gasteiger charge is 2.39. The van der Waals surface area contributed by atoms with E-state index in [0.29, 0.717) is 0 Å². The number of aliphatic hydroxyl groups is 1. The van der Waals surface area contributed by atoms with Crippen molar-refractivity contribution in [2.75, 3.05) is 18.1 Å². The molecule has 0 spiro atoms. The summed E-state index contributed by atoms with van der Waals surface area (Å²) < 4.78 is 48.3. The summed E-state index contributed by atoms with van der Waals surface area (Å²) in [5.41, 5.74) is -0.967. The minimum absolute atomic E-state index is 0.0852. The van der Waals surface area contributed by atoms with Crippen molar-refractivity contribution in [1.29, 1.82) is 0 Å². The minimum Gasteiger partial charge on any atom is -0.394 e. The molecule has 0 bridgehead atoms. The summed E-state index contributed by atoms with van der Waals surface area (Å²) in [6.45, 7) is 2.73. The Bertz CT molecular complexity index is 451. The molecule has 2 N–H and O–H groups in total. The van der Waals surface area contributed by atoms with E-state index in [1.165, 1.54) is 13.8 Å². The van der Waals surface area contributed by atoms with Gasteiger partial charge in [-0.15, -0.1) is 0 Å². The molecule has 0 aliphatic carbocycles. The second kappa shape index (κ2) is 4.25. The molecule has 0 aromatic carbocycles. The lowest BCUT2D eigenvalue weighted by molar-refractivity contribution is 0.208. The van der Waals surface area contributed by atoms with Crippen molar-refractivity contribution >= 4 is 19.9 Å². The molecule has 1 fully saturated rings. The number of sulfonamides is 1. The van der Waals surface area contributed by atoms with Gasteiger partial charge in [0.25, 0.3) is 0 Å². The summed E-state index contributed by atoms with van der Waals surface area (Å²) in [6, 6.07) is 0. The fraction of sp³-hybridized carbons (Fsp3) is 1.00. The van der Waals surface area contributed by atoms with E-state index in [4.69, 9.17) is 5.11 Å². The Morgan fingerprint density at radius 2 is 2.00 bits per heavy atom. The Morgan fingerprint density at radius 1 is 1.44 bits per heavy atom. The molecule has 0 aromatic heterocycles. The third kappa shape index (κ3) is 3.41. The Morgan fingerprint density at radius 3 is 2.38 bits per heavy atom. The molecular weight excluding hydrogens is 254 g/mol. The number of rotatable bonds is 4. The van der Waals surface area contributed by atoms with E-state index < -0.39 is 30.6 Å². The van der Waals surface area contributed by atoms with Crippen molar-refractivity contribution in [3.8, 4) is 0 Å². The predicted octanol–water partition coefficient (Wildman–Crippen LogP) is -1.14. The Labute approximate surface area is 96.0 Å². The third-order valence-corrected chi connectivity index (χ3v) is 6.54. The molecule has 1 rings (SSSR count). The van der Waals surface area contributed by atoms with Gasteiger partial charge >= 0.3 is 0 Å². The molecule has 1 aliphatic rings. The summed E-state index contributed by atoms with van der Waals surface area (Å²) in [5, 5.41) is 8.06. The monoisotopic (exact) mass is 271 g/mol. The molecule has 6 nitrogen and oxygen atoms in total. The van der Waals surface area contributed by atoms with Crippen molar-refractivity contribution in [1.82, 2.24) is 4.72 Å². The molecule has 0 saturated carbocycles. The molecule has 1 saturated heterocycles. The fourth-order valence-electron chi connectivity index (χ4n) is 1.51. The van der Waals surface area contributed by atoms with E-state index >= 15 is 0 Å². The van der Waals surface area contributed by atoms with Crippen LogP contribution in [0.5, 0.6) is 0 Å². The van der Waals surface area contributed by atoms with Gasteiger partial charge in [0.05, 0.1) is 28.9 Å². The highest BCUT2D eigenvalue weighted by Crippen LogP contribution is 2.19. The summed E-state index contributed by atoms with van der Waals surface area (Å²) >= 11 is 0. The normalized spacial score (nSPS) is 25.8. The molecule has 1 aliphatic heterocycles. The first-order valence-electron chi connectivity index (χ1n) is 4.92. The van der Waals surface area contributed by atoms with Crippen LogP contribution >= 0.6 is 0 Å². The van der Waals surface area contributed by atoms with Gasteiger partial charge in [0, 0.05) is 0 Å². The van der Waals surface area contributed by atoms with E-state index in [2.05, 4.69) is 4.72 Å². The van der Waals surface area contributed by atoms with Gasteiger partial charge in [0.2, 0.25) is 10.0 Å². The average Bonchev–Trinajstić information content (AvgIpc) is 2.45. The average molecular weight is 271 g/mol. The SMILES string of the molecule is CC(C)(CO)NS(=O)(=O)C1CCS(=O)(=O)C1. The molecule has 1 atom stereocenters. The highest BCUT2D eigenvalue weighted by molar-refractivity contribution is 7.95. The van der Waals surface area contributed by atoms with Crippen LogP contribution in [-0.2, 0) is 19.9 Å². The van der Waals surface area contributed by atoms with Gasteiger partial charge in [-0.1, -0.05) is 0 Å². The predicted molar refractivity (Wildman–Crippen MR) is 60.3 cm³/mol. The summed E-state index contributed by atoms with van der Waals surface area (Å²) in [7, 11) is -6.91. The van der Waals surface area contributed by atoms with Crippen LogP contribution in [0, 0.1) is 0 Å². The van der Waals surface area contributed by atoms with E-state index in [0.717, 1.165) is 0 Å². The standard InChI is InChI=1S/C8H17NO5S2/c1-8(2,6-10)9-16(13,14)7-3-4-15(11,12)5-7/h7,9-10H,3-6H2,1-2H3. The zero-order chi connectivity index (χ0) is 12.6. The molecule has 16 heavy (non-hydrogen) atoms. The number of hydrogen-bond donors (Lipinski definition) is 2. The van der Waals surface area contributed by atoms with E-state index in [1.807, 2.05) is 0 Å². The van der Waals surface area contributed by atoms with Crippen LogP contribution in [0.2, 0.25) is 0 Å². The van der Waals surface area contributed by atoms with Crippen LogP contribution in [0.4, 0.5) is 0 Å². The van der Waals surface area contributed by atoms with Gasteiger partial charge in [-0.25, -0.2) is 21.6 Å². The number of nitrogens with one attached hydrogen (secondary N) is 1. The van der Waals surface area contributed by atoms with Gasteiger partial charge in [0.1, 0.15) is 0 Å². The summed E-state index contributed by atoms with van der Waals surface area (Å²) in [5.74, 6) is -0.415. The van der Waals surface area contributed by atoms with Crippen LogP contribution in [0.3, 0.4) is 0 Å². The number of aliphatic hydroxyl groups excluding tert-OH is 1. The third-order valence-electron chi connectivity index (χ3n) is 2.44. The topological polar surface area (TPSA) is 101 Å². The summed E-state index contributed by atoms with van der Waals surface area (Å²) in [6.07, 6.45) is 0.124. The second-order valence-electron chi connectivity index (χ2n) is 4.71. The Hall–Kier alpha value is -0.180. The highest BCUT2D eigenvalue weighted by atomic mass is 32.2. The van der Waals surface area contributed by atoms with Crippen LogP contribution < -0.4 is 4.72 Å². The van der Waals surface area contributed by atoms with E-state index in [9.17, 15) is 16.8 Å². The quantitative estimate of drug-likeness (QED) is 0.673. The van der Waals surface area contributed by atoms with E-state index in [1.54, 1.807) is 0 Å². The molecule has 0 aromatic rings. The van der Waals surface area contributed by atoms with Gasteiger partial charge in [0.15, 0.2) is 9.84 Å². The van der Waals surface area contributed by atoms with Gasteiger partial charge in [-0.3, -0.25) is 0 Å². The largest absolute Gasteiger partial charge is 0.394 e.